The third-order valence-electron chi connectivity index (χ3n) is 6.44. The number of likely N-dealkylation sites (tertiary alicyclic amines) is 1. The first-order chi connectivity index (χ1) is 14.7. The number of aliphatic hydroxyl groups excluding tert-OH is 2. The van der Waals surface area contributed by atoms with Crippen LogP contribution in [0.4, 0.5) is 5.69 Å². The van der Waals surface area contributed by atoms with E-state index in [4.69, 9.17) is 17.3 Å². The number of amides is 2. The zero-order valence-electron chi connectivity index (χ0n) is 17.2. The third kappa shape index (κ3) is 4.55. The predicted octanol–water partition coefficient (Wildman–Crippen LogP) is 1.37. The molecule has 5 atom stereocenters. The molecule has 4 rings (SSSR count). The van der Waals surface area contributed by atoms with Crippen molar-refractivity contribution in [2.75, 3.05) is 18.4 Å². The highest BCUT2D eigenvalue weighted by atomic mass is 35.5. The molecule has 2 amide bonds. The normalized spacial score (nSPS) is 31.2. The van der Waals surface area contributed by atoms with Crippen LogP contribution in [0.2, 0.25) is 5.02 Å². The van der Waals surface area contributed by atoms with Gasteiger partial charge in [0.2, 0.25) is 11.8 Å². The number of nitrogens with two attached hydrogens (primary N) is 1. The molecule has 1 aromatic rings. The number of halogens is 1. The first kappa shape index (κ1) is 22.4. The number of thioether (sulfide) groups is 1. The average Bonchev–Trinajstić information content (AvgIpc) is 3.17. The molecule has 10 heteroatoms. The summed E-state index contributed by atoms with van der Waals surface area (Å²) in [5.41, 5.74) is 7.13. The number of aryl methyl sites for hydroxylation is 1. The number of aliphatic hydroxyl groups is 2. The third-order valence-corrected chi connectivity index (χ3v) is 8.15. The van der Waals surface area contributed by atoms with E-state index in [9.17, 15) is 19.8 Å². The Balaban J connectivity index is 1.47. The predicted molar refractivity (Wildman–Crippen MR) is 121 cm³/mol. The van der Waals surface area contributed by atoms with Gasteiger partial charge in [0.25, 0.3) is 0 Å². The van der Waals surface area contributed by atoms with E-state index < -0.39 is 24.2 Å². The van der Waals surface area contributed by atoms with E-state index in [1.54, 1.807) is 11.0 Å². The Morgan fingerprint density at radius 2 is 2.00 bits per heavy atom. The number of piperidine rings is 1. The molecule has 5 N–H and O–H groups in total. The van der Waals surface area contributed by atoms with Crippen LogP contribution >= 0.6 is 23.4 Å². The van der Waals surface area contributed by atoms with Crippen molar-refractivity contribution in [2.45, 2.75) is 49.7 Å². The van der Waals surface area contributed by atoms with Crippen molar-refractivity contribution in [2.24, 2.45) is 22.6 Å². The summed E-state index contributed by atoms with van der Waals surface area (Å²) >= 11 is 7.62. The summed E-state index contributed by atoms with van der Waals surface area (Å²) in [5, 5.41) is 25.1. The number of rotatable bonds is 3. The number of amidine groups is 1. The van der Waals surface area contributed by atoms with Crippen LogP contribution in [-0.4, -0.2) is 68.7 Å². The van der Waals surface area contributed by atoms with Gasteiger partial charge in [0.15, 0.2) is 5.17 Å². The van der Waals surface area contributed by atoms with E-state index in [0.717, 1.165) is 11.3 Å². The van der Waals surface area contributed by atoms with Gasteiger partial charge in [0.1, 0.15) is 6.10 Å². The minimum Gasteiger partial charge on any atom is -0.390 e. The molecule has 1 aliphatic carbocycles. The molecule has 0 radical (unpaired) electrons. The van der Waals surface area contributed by atoms with Gasteiger partial charge in [0, 0.05) is 35.0 Å². The second kappa shape index (κ2) is 8.97. The fourth-order valence-corrected chi connectivity index (χ4v) is 6.06. The lowest BCUT2D eigenvalue weighted by atomic mass is 9.80. The number of hydrogen-bond acceptors (Lipinski definition) is 7. The molecule has 3 aliphatic rings. The standard InChI is InChI=1S/C21H27ClN4O4S/c1-10-2-3-12(8-14(10)22)24-21-25-16-17(28)15(27)9-13(18(16)31-21)20(30)26-6-4-11(5-7-26)19(23)29/h2-3,8,11,13,15-18,27-28H,4-7,9H2,1H3,(H2,23,29)(H,24,25). The monoisotopic (exact) mass is 466 g/mol. The number of hydrogen-bond donors (Lipinski definition) is 4. The molecule has 0 aromatic heterocycles. The Morgan fingerprint density at radius 3 is 2.65 bits per heavy atom. The molecule has 1 saturated heterocycles. The van der Waals surface area contributed by atoms with E-state index in [-0.39, 0.29) is 29.4 Å². The number of fused-ring (bicyclic) bond motifs is 1. The van der Waals surface area contributed by atoms with Gasteiger partial charge in [-0.25, -0.2) is 0 Å². The number of carbonyl (C=O) groups is 2. The fraction of sp³-hybridized carbons (Fsp3) is 0.571. The number of nitrogens with one attached hydrogen (secondary N) is 1. The van der Waals surface area contributed by atoms with E-state index in [0.29, 0.717) is 36.1 Å². The summed E-state index contributed by atoms with van der Waals surface area (Å²) in [6.45, 7) is 2.86. The van der Waals surface area contributed by atoms with Crippen LogP contribution in [0.25, 0.3) is 0 Å². The highest BCUT2D eigenvalue weighted by molar-refractivity contribution is 8.15. The highest BCUT2D eigenvalue weighted by Gasteiger charge is 2.51. The molecule has 1 aromatic carbocycles. The first-order valence-electron chi connectivity index (χ1n) is 10.5. The van der Waals surface area contributed by atoms with Crippen molar-refractivity contribution in [1.29, 1.82) is 0 Å². The number of carbonyl (C=O) groups excluding carboxylic acids is 2. The maximum Gasteiger partial charge on any atom is 0.227 e. The van der Waals surface area contributed by atoms with Crippen LogP contribution in [-0.2, 0) is 9.59 Å². The topological polar surface area (TPSA) is 128 Å². The van der Waals surface area contributed by atoms with Gasteiger partial charge in [-0.3, -0.25) is 14.6 Å². The van der Waals surface area contributed by atoms with Crippen LogP contribution in [0.15, 0.2) is 23.2 Å². The minimum atomic E-state index is -1.02. The number of primary amides is 1. The maximum atomic E-state index is 13.3. The van der Waals surface area contributed by atoms with E-state index in [1.165, 1.54) is 11.8 Å². The Bertz CT molecular complexity index is 905. The van der Waals surface area contributed by atoms with Crippen molar-refractivity contribution in [3.8, 4) is 0 Å². The summed E-state index contributed by atoms with van der Waals surface area (Å²) in [6, 6.07) is 5.02. The molecule has 2 fully saturated rings. The van der Waals surface area contributed by atoms with Crippen molar-refractivity contribution < 1.29 is 19.8 Å². The van der Waals surface area contributed by atoms with Gasteiger partial charge in [-0.2, -0.15) is 0 Å². The van der Waals surface area contributed by atoms with Crippen LogP contribution < -0.4 is 11.1 Å². The largest absolute Gasteiger partial charge is 0.390 e. The lowest BCUT2D eigenvalue weighted by molar-refractivity contribution is -0.142. The summed E-state index contributed by atoms with van der Waals surface area (Å²) in [7, 11) is 0. The summed E-state index contributed by atoms with van der Waals surface area (Å²) in [5.74, 6) is -1.05. The van der Waals surface area contributed by atoms with Crippen LogP contribution in [0.5, 0.6) is 0 Å². The Hall–Kier alpha value is -1.81. The quantitative estimate of drug-likeness (QED) is 0.532. The number of nitrogens with zero attached hydrogens (tertiary/aromatic N) is 2. The number of benzene rings is 1. The zero-order chi connectivity index (χ0) is 22.3. The maximum absolute atomic E-state index is 13.3. The van der Waals surface area contributed by atoms with Gasteiger partial charge in [-0.15, -0.1) is 0 Å². The number of aliphatic imine (C=N–C) groups is 1. The van der Waals surface area contributed by atoms with Crippen LogP contribution in [0.1, 0.15) is 24.8 Å². The molecule has 0 bridgehead atoms. The molecule has 168 valence electrons. The molecule has 8 nitrogen and oxygen atoms in total. The van der Waals surface area contributed by atoms with E-state index in [2.05, 4.69) is 10.3 Å². The first-order valence-corrected chi connectivity index (χ1v) is 11.7. The van der Waals surface area contributed by atoms with Gasteiger partial charge < -0.3 is 26.2 Å². The van der Waals surface area contributed by atoms with Crippen LogP contribution in [0.3, 0.4) is 0 Å². The second-order valence-electron chi connectivity index (χ2n) is 8.50. The van der Waals surface area contributed by atoms with Gasteiger partial charge in [-0.05, 0) is 43.9 Å². The van der Waals surface area contributed by atoms with Gasteiger partial charge in [-0.1, -0.05) is 29.4 Å². The molecule has 2 aliphatic heterocycles. The summed E-state index contributed by atoms with van der Waals surface area (Å²) in [6.07, 6.45) is -0.753. The average molecular weight is 467 g/mol. The van der Waals surface area contributed by atoms with Gasteiger partial charge >= 0.3 is 0 Å². The molecule has 2 heterocycles. The van der Waals surface area contributed by atoms with Crippen molar-refractivity contribution in [3.63, 3.8) is 0 Å². The van der Waals surface area contributed by atoms with E-state index in [1.807, 2.05) is 19.1 Å². The van der Waals surface area contributed by atoms with Crippen molar-refractivity contribution in [1.82, 2.24) is 4.90 Å². The van der Waals surface area contributed by atoms with Crippen molar-refractivity contribution in [3.05, 3.63) is 28.8 Å². The molecule has 0 spiro atoms. The molecule has 1 saturated carbocycles. The van der Waals surface area contributed by atoms with Gasteiger partial charge in [0.05, 0.1) is 18.1 Å². The highest BCUT2D eigenvalue weighted by Crippen LogP contribution is 2.42. The summed E-state index contributed by atoms with van der Waals surface area (Å²) < 4.78 is 0. The molecular formula is C21H27ClN4O4S. The Kier molecular flexibility index (Phi) is 6.48. The molecule has 31 heavy (non-hydrogen) atoms. The summed E-state index contributed by atoms with van der Waals surface area (Å²) in [4.78, 5) is 31.0. The zero-order valence-corrected chi connectivity index (χ0v) is 18.8. The second-order valence-corrected chi connectivity index (χ2v) is 10.1. The Labute approximate surface area is 190 Å². The minimum absolute atomic E-state index is 0.0637. The fourth-order valence-electron chi connectivity index (χ4n) is 4.51. The SMILES string of the molecule is Cc1ccc(NC2=NC3C(O)C(O)CC(C(=O)N4CCC(C(N)=O)CC4)C3S2)cc1Cl. The lowest BCUT2D eigenvalue weighted by Crippen LogP contribution is -2.55. The van der Waals surface area contributed by atoms with E-state index >= 15 is 0 Å². The number of anilines is 1. The molecular weight excluding hydrogens is 440 g/mol. The van der Waals surface area contributed by atoms with Crippen LogP contribution in [0, 0.1) is 18.8 Å². The molecule has 5 unspecified atom stereocenters. The smallest absolute Gasteiger partial charge is 0.227 e. The van der Waals surface area contributed by atoms with Crippen molar-refractivity contribution >= 4 is 46.0 Å². The lowest BCUT2D eigenvalue weighted by Gasteiger charge is -2.40. The Morgan fingerprint density at radius 1 is 1.29 bits per heavy atom.